The molecule has 0 aromatic carbocycles. The largest absolute Gasteiger partial charge is 0.465 e. The third-order valence-electron chi connectivity index (χ3n) is 3.97. The summed E-state index contributed by atoms with van der Waals surface area (Å²) < 4.78 is 15.0. The zero-order valence-electron chi connectivity index (χ0n) is 14.9. The Balaban J connectivity index is 2.26. The fourth-order valence-corrected chi connectivity index (χ4v) is 2.77. The molecular weight excluding hydrogens is 342 g/mol. The molecule has 3 aromatic heterocycles. The van der Waals surface area contributed by atoms with Crippen LogP contribution >= 0.6 is 0 Å². The van der Waals surface area contributed by atoms with E-state index in [-0.39, 0.29) is 36.9 Å². The van der Waals surface area contributed by atoms with Crippen LogP contribution in [0.5, 0.6) is 6.01 Å². The van der Waals surface area contributed by atoms with Crippen LogP contribution in [-0.4, -0.2) is 42.0 Å². The van der Waals surface area contributed by atoms with Crippen molar-refractivity contribution in [3.05, 3.63) is 38.7 Å². The van der Waals surface area contributed by atoms with Crippen molar-refractivity contribution >= 4 is 11.2 Å². The van der Waals surface area contributed by atoms with Gasteiger partial charge in [-0.3, -0.25) is 18.5 Å². The number of hydrogen-bond donors (Lipinski definition) is 1. The van der Waals surface area contributed by atoms with Gasteiger partial charge in [0.2, 0.25) is 5.89 Å². The van der Waals surface area contributed by atoms with Crippen molar-refractivity contribution in [2.24, 2.45) is 7.05 Å². The minimum atomic E-state index is -0.490. The first-order valence-electron chi connectivity index (χ1n) is 8.33. The summed E-state index contributed by atoms with van der Waals surface area (Å²) in [5, 5.41) is 9.04. The highest BCUT2D eigenvalue weighted by Crippen LogP contribution is 2.19. The van der Waals surface area contributed by atoms with Crippen LogP contribution in [0.2, 0.25) is 0 Å². The molecule has 1 N–H and O–H groups in total. The fraction of sp³-hybridized carbons (Fsp3) is 0.500. The monoisotopic (exact) mass is 363 g/mol. The summed E-state index contributed by atoms with van der Waals surface area (Å²) in [6.07, 6.45) is 1.89. The summed E-state index contributed by atoms with van der Waals surface area (Å²) in [6.45, 7) is 4.07. The van der Waals surface area contributed by atoms with E-state index >= 15 is 0 Å². The zero-order chi connectivity index (χ0) is 18.8. The molecule has 0 atom stereocenters. The van der Waals surface area contributed by atoms with Crippen LogP contribution in [0.1, 0.15) is 25.0 Å². The van der Waals surface area contributed by atoms with Gasteiger partial charge in [-0.2, -0.15) is 4.98 Å². The second kappa shape index (κ2) is 7.16. The first-order chi connectivity index (χ1) is 12.5. The van der Waals surface area contributed by atoms with Gasteiger partial charge in [0, 0.05) is 20.2 Å². The van der Waals surface area contributed by atoms with E-state index in [2.05, 4.69) is 9.97 Å². The number of fused-ring (bicyclic) bond motifs is 1. The normalized spacial score (nSPS) is 11.4. The van der Waals surface area contributed by atoms with Gasteiger partial charge in [0.1, 0.15) is 12.3 Å². The number of aliphatic hydroxyl groups excluding tert-OH is 1. The first kappa shape index (κ1) is 17.9. The number of rotatable bonds is 7. The lowest BCUT2D eigenvalue weighted by molar-refractivity contribution is 0.277. The molecule has 0 fully saturated rings. The van der Waals surface area contributed by atoms with Gasteiger partial charge in [0.25, 0.3) is 11.6 Å². The SMILES string of the molecule is CCOc1nc2c(c(=O)n(CCCO)c(=O)n2C)n1Cc1ncc(C)o1. The van der Waals surface area contributed by atoms with E-state index in [9.17, 15) is 9.59 Å². The number of hydrogen-bond acceptors (Lipinski definition) is 7. The Labute approximate surface area is 148 Å². The third-order valence-corrected chi connectivity index (χ3v) is 3.97. The standard InChI is InChI=1S/C16H21N5O5/c1-4-25-15-18-13-12(21(15)9-11-17-8-10(2)26-11)14(23)20(6-5-7-22)16(24)19(13)3/h8,22H,4-7,9H2,1-3H3. The molecule has 0 unspecified atom stereocenters. The van der Waals surface area contributed by atoms with Crippen LogP contribution in [0.15, 0.2) is 20.2 Å². The summed E-state index contributed by atoms with van der Waals surface area (Å²) in [4.78, 5) is 33.9. The summed E-state index contributed by atoms with van der Waals surface area (Å²) in [5.74, 6) is 1.05. The summed E-state index contributed by atoms with van der Waals surface area (Å²) in [7, 11) is 1.54. The van der Waals surface area contributed by atoms with Crippen molar-refractivity contribution in [1.29, 1.82) is 0 Å². The topological polar surface area (TPSA) is 117 Å². The number of ether oxygens (including phenoxy) is 1. The quantitative estimate of drug-likeness (QED) is 0.629. The molecule has 0 amide bonds. The molecule has 0 aliphatic rings. The highest BCUT2D eigenvalue weighted by atomic mass is 16.5. The lowest BCUT2D eigenvalue weighted by Crippen LogP contribution is -2.39. The predicted octanol–water partition coefficient (Wildman–Crippen LogP) is 0.0225. The van der Waals surface area contributed by atoms with Crippen LogP contribution in [0, 0.1) is 6.92 Å². The molecule has 10 nitrogen and oxygen atoms in total. The molecule has 0 aliphatic carbocycles. The van der Waals surface area contributed by atoms with E-state index in [1.165, 1.54) is 4.57 Å². The number of aryl methyl sites for hydroxylation is 2. The molecule has 0 radical (unpaired) electrons. The first-order valence-corrected chi connectivity index (χ1v) is 8.33. The highest BCUT2D eigenvalue weighted by molar-refractivity contribution is 5.72. The average molecular weight is 363 g/mol. The average Bonchev–Trinajstić information content (AvgIpc) is 3.18. The van der Waals surface area contributed by atoms with Gasteiger partial charge in [-0.1, -0.05) is 0 Å². The molecule has 3 aromatic rings. The van der Waals surface area contributed by atoms with Crippen LogP contribution in [0.3, 0.4) is 0 Å². The highest BCUT2D eigenvalue weighted by Gasteiger charge is 2.22. The summed E-state index contributed by atoms with van der Waals surface area (Å²) in [5.41, 5.74) is -0.523. The Morgan fingerprint density at radius 1 is 1.31 bits per heavy atom. The van der Waals surface area contributed by atoms with E-state index in [1.54, 1.807) is 31.7 Å². The molecule has 0 spiro atoms. The van der Waals surface area contributed by atoms with Gasteiger partial charge in [0.15, 0.2) is 11.2 Å². The fourth-order valence-electron chi connectivity index (χ4n) is 2.77. The van der Waals surface area contributed by atoms with Gasteiger partial charge in [-0.25, -0.2) is 9.78 Å². The van der Waals surface area contributed by atoms with E-state index < -0.39 is 11.2 Å². The Bertz CT molecular complexity index is 1040. The summed E-state index contributed by atoms with van der Waals surface area (Å²) in [6, 6.07) is 0.213. The van der Waals surface area contributed by atoms with Crippen molar-refractivity contribution in [3.8, 4) is 6.01 Å². The van der Waals surface area contributed by atoms with Gasteiger partial charge in [0.05, 0.1) is 12.8 Å². The summed E-state index contributed by atoms with van der Waals surface area (Å²) >= 11 is 0. The number of imidazole rings is 1. The van der Waals surface area contributed by atoms with Gasteiger partial charge >= 0.3 is 5.69 Å². The Hall–Kier alpha value is -2.88. The number of aliphatic hydroxyl groups is 1. The second-order valence-corrected chi connectivity index (χ2v) is 5.83. The third kappa shape index (κ3) is 3.03. The molecule has 10 heteroatoms. The van der Waals surface area contributed by atoms with Crippen molar-refractivity contribution in [2.45, 2.75) is 33.4 Å². The second-order valence-electron chi connectivity index (χ2n) is 5.83. The minimum Gasteiger partial charge on any atom is -0.465 e. The maximum Gasteiger partial charge on any atom is 0.332 e. The van der Waals surface area contributed by atoms with Crippen molar-refractivity contribution in [1.82, 2.24) is 23.7 Å². The maximum atomic E-state index is 12.9. The van der Waals surface area contributed by atoms with Crippen LogP contribution in [0.25, 0.3) is 11.2 Å². The van der Waals surface area contributed by atoms with Gasteiger partial charge in [-0.15, -0.1) is 0 Å². The van der Waals surface area contributed by atoms with E-state index in [4.69, 9.17) is 14.3 Å². The Morgan fingerprint density at radius 2 is 2.08 bits per heavy atom. The van der Waals surface area contributed by atoms with Crippen LogP contribution in [0.4, 0.5) is 0 Å². The Morgan fingerprint density at radius 3 is 2.69 bits per heavy atom. The molecular formula is C16H21N5O5. The Kier molecular flexibility index (Phi) is 4.94. The molecule has 0 saturated heterocycles. The lowest BCUT2D eigenvalue weighted by Gasteiger charge is -2.09. The number of nitrogens with zero attached hydrogens (tertiary/aromatic N) is 5. The van der Waals surface area contributed by atoms with E-state index in [0.29, 0.717) is 24.7 Å². The molecule has 140 valence electrons. The minimum absolute atomic E-state index is 0.116. The van der Waals surface area contributed by atoms with Crippen LogP contribution < -0.4 is 16.0 Å². The van der Waals surface area contributed by atoms with Crippen molar-refractivity contribution in [3.63, 3.8) is 0 Å². The van der Waals surface area contributed by atoms with Gasteiger partial charge in [-0.05, 0) is 20.3 Å². The van der Waals surface area contributed by atoms with Crippen LogP contribution in [-0.2, 0) is 20.1 Å². The predicted molar refractivity (Wildman–Crippen MR) is 92.4 cm³/mol. The van der Waals surface area contributed by atoms with Crippen molar-refractivity contribution in [2.75, 3.05) is 13.2 Å². The molecule has 0 bridgehead atoms. The van der Waals surface area contributed by atoms with E-state index in [1.807, 2.05) is 0 Å². The van der Waals surface area contributed by atoms with Crippen molar-refractivity contribution < 1.29 is 14.3 Å². The van der Waals surface area contributed by atoms with E-state index in [0.717, 1.165) is 4.57 Å². The number of oxazole rings is 1. The molecule has 0 saturated carbocycles. The maximum absolute atomic E-state index is 12.9. The molecule has 3 heterocycles. The molecule has 26 heavy (non-hydrogen) atoms. The zero-order valence-corrected chi connectivity index (χ0v) is 14.9. The smallest absolute Gasteiger partial charge is 0.332 e. The lowest BCUT2D eigenvalue weighted by atomic mass is 10.4. The molecule has 0 aliphatic heterocycles. The van der Waals surface area contributed by atoms with Gasteiger partial charge < -0.3 is 14.3 Å². The number of aromatic nitrogens is 5. The molecule has 3 rings (SSSR count).